The van der Waals surface area contributed by atoms with Crippen molar-refractivity contribution in [2.24, 2.45) is 10.7 Å². The van der Waals surface area contributed by atoms with Gasteiger partial charge in [0.05, 0.1) is 6.54 Å². The molecule has 0 radical (unpaired) electrons. The van der Waals surface area contributed by atoms with Crippen molar-refractivity contribution in [3.8, 4) is 0 Å². The van der Waals surface area contributed by atoms with E-state index in [1.165, 1.54) is 23.3 Å². The maximum absolute atomic E-state index is 6.14. The van der Waals surface area contributed by atoms with Crippen LogP contribution in [0.3, 0.4) is 0 Å². The van der Waals surface area contributed by atoms with E-state index < -0.39 is 0 Å². The van der Waals surface area contributed by atoms with E-state index in [0.29, 0.717) is 5.25 Å². The van der Waals surface area contributed by atoms with Crippen molar-refractivity contribution in [3.63, 3.8) is 0 Å². The summed E-state index contributed by atoms with van der Waals surface area (Å²) in [6.45, 7) is 2.87. The maximum Gasteiger partial charge on any atom is 0.191 e. The fraction of sp³-hybridized carbons (Fsp3) is 0.533. The molecule has 1 saturated heterocycles. The maximum atomic E-state index is 6.14. The highest BCUT2D eigenvalue weighted by Gasteiger charge is 2.20. The van der Waals surface area contributed by atoms with Gasteiger partial charge in [0, 0.05) is 29.8 Å². The van der Waals surface area contributed by atoms with Gasteiger partial charge >= 0.3 is 0 Å². The monoisotopic (exact) mass is 307 g/mol. The molecular weight excluding hydrogens is 286 g/mol. The van der Waals surface area contributed by atoms with Crippen LogP contribution in [0.5, 0.6) is 0 Å². The summed E-state index contributed by atoms with van der Waals surface area (Å²) in [5.41, 5.74) is 9.08. The highest BCUT2D eigenvalue weighted by Crippen LogP contribution is 2.36. The second kappa shape index (κ2) is 6.76. The number of rotatable bonds is 2. The molecular formula is C15H21N3S2. The molecule has 2 heterocycles. The molecule has 0 amide bonds. The van der Waals surface area contributed by atoms with Gasteiger partial charge in [-0.3, -0.25) is 4.99 Å². The number of aliphatic imine (C=N–C) groups is 1. The van der Waals surface area contributed by atoms with Crippen molar-refractivity contribution in [1.82, 2.24) is 4.90 Å². The Bertz CT molecular complexity index is 484. The van der Waals surface area contributed by atoms with Gasteiger partial charge in [-0.25, -0.2) is 0 Å². The van der Waals surface area contributed by atoms with Gasteiger partial charge < -0.3 is 10.6 Å². The molecule has 0 saturated carbocycles. The van der Waals surface area contributed by atoms with Gasteiger partial charge in [-0.2, -0.15) is 23.5 Å². The second-order valence-corrected chi connectivity index (χ2v) is 7.64. The zero-order chi connectivity index (χ0) is 13.8. The minimum Gasteiger partial charge on any atom is -0.370 e. The Kier molecular flexibility index (Phi) is 4.78. The van der Waals surface area contributed by atoms with Gasteiger partial charge in [0.1, 0.15) is 0 Å². The topological polar surface area (TPSA) is 41.6 Å². The zero-order valence-corrected chi connectivity index (χ0v) is 13.3. The Morgan fingerprint density at radius 3 is 2.90 bits per heavy atom. The number of hydrogen-bond donors (Lipinski definition) is 1. The van der Waals surface area contributed by atoms with Crippen LogP contribution in [-0.4, -0.2) is 47.8 Å². The van der Waals surface area contributed by atoms with Crippen LogP contribution < -0.4 is 5.73 Å². The predicted molar refractivity (Wildman–Crippen MR) is 90.7 cm³/mol. The molecule has 108 valence electrons. The third-order valence-electron chi connectivity index (χ3n) is 3.85. The Balaban J connectivity index is 1.66. The lowest BCUT2D eigenvalue weighted by Crippen LogP contribution is -2.42. The zero-order valence-electron chi connectivity index (χ0n) is 11.6. The first-order valence-electron chi connectivity index (χ1n) is 7.16. The Labute approximate surface area is 129 Å². The molecule has 0 bridgehead atoms. The molecule has 2 aliphatic heterocycles. The average molecular weight is 307 g/mol. The van der Waals surface area contributed by atoms with E-state index in [9.17, 15) is 0 Å². The van der Waals surface area contributed by atoms with Crippen LogP contribution in [0.15, 0.2) is 29.3 Å². The molecule has 0 spiro atoms. The molecule has 20 heavy (non-hydrogen) atoms. The number of aryl methyl sites for hydroxylation is 1. The highest BCUT2D eigenvalue weighted by atomic mass is 32.2. The number of nitrogens with two attached hydrogens (primary N) is 1. The fourth-order valence-electron chi connectivity index (χ4n) is 2.70. The molecule has 1 aromatic rings. The van der Waals surface area contributed by atoms with E-state index in [-0.39, 0.29) is 0 Å². The van der Waals surface area contributed by atoms with E-state index in [2.05, 4.69) is 34.2 Å². The van der Waals surface area contributed by atoms with E-state index in [1.54, 1.807) is 0 Å². The number of benzene rings is 1. The summed E-state index contributed by atoms with van der Waals surface area (Å²) in [5, 5.41) is 0.470. The van der Waals surface area contributed by atoms with E-state index in [4.69, 9.17) is 5.73 Å². The summed E-state index contributed by atoms with van der Waals surface area (Å²) in [7, 11) is 0. The molecule has 3 rings (SSSR count). The van der Waals surface area contributed by atoms with Crippen molar-refractivity contribution < 1.29 is 0 Å². The lowest BCUT2D eigenvalue weighted by molar-refractivity contribution is 0.456. The van der Waals surface area contributed by atoms with Crippen LogP contribution in [0, 0.1) is 0 Å². The molecule has 5 heteroatoms. The normalized spacial score (nSPS) is 23.5. The van der Waals surface area contributed by atoms with Crippen molar-refractivity contribution in [3.05, 3.63) is 35.4 Å². The number of nitrogens with zero attached hydrogens (tertiary/aromatic N) is 2. The highest BCUT2D eigenvalue weighted by molar-refractivity contribution is 7.99. The molecule has 1 aromatic carbocycles. The quantitative estimate of drug-likeness (QED) is 0.673. The van der Waals surface area contributed by atoms with E-state index >= 15 is 0 Å². The predicted octanol–water partition coefficient (Wildman–Crippen LogP) is 2.38. The second-order valence-electron chi connectivity index (χ2n) is 5.11. The van der Waals surface area contributed by atoms with E-state index in [1.807, 2.05) is 23.5 Å². The summed E-state index contributed by atoms with van der Waals surface area (Å²) < 4.78 is 0. The van der Waals surface area contributed by atoms with Crippen LogP contribution in [0.2, 0.25) is 0 Å². The summed E-state index contributed by atoms with van der Waals surface area (Å²) in [6, 6.07) is 8.76. The fourth-order valence-corrected chi connectivity index (χ4v) is 4.81. The minimum absolute atomic E-state index is 0.470. The Hall–Kier alpha value is -0.810. The third kappa shape index (κ3) is 3.26. The summed E-state index contributed by atoms with van der Waals surface area (Å²) >= 11 is 4.01. The molecule has 1 atom stereocenters. The molecule has 1 fully saturated rings. The van der Waals surface area contributed by atoms with Crippen molar-refractivity contribution >= 4 is 29.5 Å². The van der Waals surface area contributed by atoms with Crippen LogP contribution in [0.4, 0.5) is 0 Å². The minimum atomic E-state index is 0.470. The number of hydrogen-bond acceptors (Lipinski definition) is 3. The summed E-state index contributed by atoms with van der Waals surface area (Å²) in [5.74, 6) is 4.25. The largest absolute Gasteiger partial charge is 0.370 e. The summed E-state index contributed by atoms with van der Waals surface area (Å²) in [4.78, 5) is 6.88. The standard InChI is InChI=1S/C15H21N3S2/c16-15(18-6-9-19-10-7-18)17-11-14-13-4-2-1-3-12(13)5-8-20-14/h1-4,14H,5-11H2,(H2,16,17). The van der Waals surface area contributed by atoms with Crippen molar-refractivity contribution in [2.75, 3.05) is 36.9 Å². The van der Waals surface area contributed by atoms with Gasteiger partial charge in [0.25, 0.3) is 0 Å². The molecule has 0 aromatic heterocycles. The Morgan fingerprint density at radius 1 is 1.25 bits per heavy atom. The SMILES string of the molecule is NC(=NCC1SCCc2ccccc21)N1CCSCC1. The van der Waals surface area contributed by atoms with Crippen LogP contribution >= 0.6 is 23.5 Å². The molecule has 3 nitrogen and oxygen atoms in total. The van der Waals surface area contributed by atoms with Crippen LogP contribution in [0.25, 0.3) is 0 Å². The molecule has 2 N–H and O–H groups in total. The number of guanidine groups is 1. The molecule has 0 aliphatic carbocycles. The first-order chi connectivity index (χ1) is 9.84. The van der Waals surface area contributed by atoms with Gasteiger partial charge in [-0.15, -0.1) is 0 Å². The van der Waals surface area contributed by atoms with Crippen LogP contribution in [0.1, 0.15) is 16.4 Å². The molecule has 1 unspecified atom stereocenters. The van der Waals surface area contributed by atoms with Gasteiger partial charge in [0.2, 0.25) is 0 Å². The van der Waals surface area contributed by atoms with Gasteiger partial charge in [-0.1, -0.05) is 24.3 Å². The first kappa shape index (κ1) is 14.1. The third-order valence-corrected chi connectivity index (χ3v) is 6.03. The van der Waals surface area contributed by atoms with E-state index in [0.717, 1.165) is 37.1 Å². The lowest BCUT2D eigenvalue weighted by atomic mass is 10.0. The number of fused-ring (bicyclic) bond motifs is 1. The van der Waals surface area contributed by atoms with Crippen molar-refractivity contribution in [1.29, 1.82) is 0 Å². The first-order valence-corrected chi connectivity index (χ1v) is 9.37. The van der Waals surface area contributed by atoms with Crippen LogP contribution in [-0.2, 0) is 6.42 Å². The average Bonchev–Trinajstić information content (AvgIpc) is 2.53. The number of thioether (sulfide) groups is 2. The summed E-state index contributed by atoms with van der Waals surface area (Å²) in [6.07, 6.45) is 1.18. The lowest BCUT2D eigenvalue weighted by Gasteiger charge is -2.28. The van der Waals surface area contributed by atoms with Crippen molar-refractivity contribution in [2.45, 2.75) is 11.7 Å². The van der Waals surface area contributed by atoms with Gasteiger partial charge in [-0.05, 0) is 23.3 Å². The van der Waals surface area contributed by atoms with Gasteiger partial charge in [0.15, 0.2) is 5.96 Å². The Morgan fingerprint density at radius 2 is 2.05 bits per heavy atom. The molecule has 2 aliphatic rings. The smallest absolute Gasteiger partial charge is 0.191 e.